The van der Waals surface area contributed by atoms with Crippen molar-refractivity contribution < 1.29 is 8.42 Å². The van der Waals surface area contributed by atoms with Gasteiger partial charge in [-0.25, -0.2) is 13.1 Å². The van der Waals surface area contributed by atoms with E-state index in [4.69, 9.17) is 0 Å². The Morgan fingerprint density at radius 3 is 2.25 bits per heavy atom. The van der Waals surface area contributed by atoms with Crippen LogP contribution in [0.1, 0.15) is 65.0 Å². The van der Waals surface area contributed by atoms with Gasteiger partial charge in [-0.2, -0.15) is 0 Å². The van der Waals surface area contributed by atoms with Crippen LogP contribution < -0.4 is 15.4 Å². The lowest BCUT2D eigenvalue weighted by Gasteiger charge is -2.19. The molecular weight excluding hydrogens is 372 g/mol. The average Bonchev–Trinajstić information content (AvgIpc) is 2.57. The second kappa shape index (κ2) is 12.1. The van der Waals surface area contributed by atoms with Gasteiger partial charge < -0.3 is 10.6 Å². The first kappa shape index (κ1) is 24.4. The molecule has 0 amide bonds. The number of sulfonamides is 1. The zero-order valence-corrected chi connectivity index (χ0v) is 19.1. The molecule has 1 aromatic carbocycles. The zero-order chi connectivity index (χ0) is 21.2. The van der Waals surface area contributed by atoms with Gasteiger partial charge in [0.05, 0.1) is 5.75 Å². The third kappa shape index (κ3) is 10.1. The highest BCUT2D eigenvalue weighted by Gasteiger charge is 2.15. The third-order valence-corrected chi connectivity index (χ3v) is 5.87. The molecule has 7 heteroatoms. The second-order valence-corrected chi connectivity index (χ2v) is 9.85. The minimum atomic E-state index is -3.36. The highest BCUT2D eigenvalue weighted by atomic mass is 32.2. The molecule has 1 aromatic rings. The largest absolute Gasteiger partial charge is 0.354 e. The van der Waals surface area contributed by atoms with Crippen molar-refractivity contribution in [2.75, 3.05) is 7.05 Å². The predicted molar refractivity (Wildman–Crippen MR) is 119 cm³/mol. The van der Waals surface area contributed by atoms with Gasteiger partial charge in [-0.3, -0.25) is 4.99 Å². The highest BCUT2D eigenvalue weighted by Crippen LogP contribution is 2.13. The first-order valence-corrected chi connectivity index (χ1v) is 11.8. The van der Waals surface area contributed by atoms with Crippen LogP contribution in [-0.2, 0) is 22.3 Å². The van der Waals surface area contributed by atoms with E-state index in [-0.39, 0.29) is 11.8 Å². The second-order valence-electron chi connectivity index (χ2n) is 8.10. The van der Waals surface area contributed by atoms with Crippen LogP contribution >= 0.6 is 0 Å². The number of benzene rings is 1. The predicted octanol–water partition coefficient (Wildman–Crippen LogP) is 3.39. The molecule has 1 rings (SSSR count). The van der Waals surface area contributed by atoms with Crippen molar-refractivity contribution in [1.82, 2.24) is 15.4 Å². The fourth-order valence-electron chi connectivity index (χ4n) is 2.99. The Balaban J connectivity index is 2.66. The fraction of sp³-hybridized carbons (Fsp3) is 0.667. The molecule has 0 aliphatic heterocycles. The number of nitrogens with one attached hydrogen (secondary N) is 3. The summed E-state index contributed by atoms with van der Waals surface area (Å²) in [5.74, 6) is 1.43. The van der Waals surface area contributed by atoms with Gasteiger partial charge in [-0.15, -0.1) is 0 Å². The summed E-state index contributed by atoms with van der Waals surface area (Å²) in [6, 6.07) is 7.82. The van der Waals surface area contributed by atoms with E-state index >= 15 is 0 Å². The van der Waals surface area contributed by atoms with E-state index in [2.05, 4.69) is 41.1 Å². The molecule has 0 radical (unpaired) electrons. The molecule has 1 unspecified atom stereocenters. The van der Waals surface area contributed by atoms with Crippen LogP contribution in [0.25, 0.3) is 0 Å². The number of guanidine groups is 1. The van der Waals surface area contributed by atoms with E-state index < -0.39 is 10.0 Å². The molecule has 160 valence electrons. The van der Waals surface area contributed by atoms with Crippen molar-refractivity contribution >= 4 is 16.0 Å². The monoisotopic (exact) mass is 410 g/mol. The van der Waals surface area contributed by atoms with Crippen LogP contribution in [0.15, 0.2) is 29.3 Å². The van der Waals surface area contributed by atoms with E-state index in [1.807, 2.05) is 38.1 Å². The lowest BCUT2D eigenvalue weighted by atomic mass is 10.0. The molecule has 1 atom stereocenters. The third-order valence-electron chi connectivity index (χ3n) is 4.35. The van der Waals surface area contributed by atoms with E-state index in [0.29, 0.717) is 12.6 Å². The summed E-state index contributed by atoms with van der Waals surface area (Å²) in [5.41, 5.74) is 1.75. The Morgan fingerprint density at radius 1 is 1.04 bits per heavy atom. The number of rotatable bonds is 11. The van der Waals surface area contributed by atoms with Gasteiger partial charge in [0.15, 0.2) is 5.96 Å². The minimum absolute atomic E-state index is 0.0271. The maximum atomic E-state index is 12.3. The lowest BCUT2D eigenvalue weighted by Crippen LogP contribution is -2.42. The van der Waals surface area contributed by atoms with Crippen LogP contribution in [0.2, 0.25) is 0 Å². The summed E-state index contributed by atoms with van der Waals surface area (Å²) < 4.78 is 27.2. The van der Waals surface area contributed by atoms with Crippen molar-refractivity contribution in [1.29, 1.82) is 0 Å². The van der Waals surface area contributed by atoms with E-state index in [9.17, 15) is 8.42 Å². The Labute approximate surface area is 171 Å². The standard InChI is InChI=1S/C21H38N4O2S/c1-16(2)10-9-11-18(5)24-21(22-6)23-14-19-12-7-8-13-20(19)15-28(26,27)25-17(3)4/h7-8,12-13,16-18,25H,9-11,14-15H2,1-6H3,(H2,22,23,24). The lowest BCUT2D eigenvalue weighted by molar-refractivity contribution is 0.491. The van der Waals surface area contributed by atoms with Crippen molar-refractivity contribution in [3.05, 3.63) is 35.4 Å². The van der Waals surface area contributed by atoms with Gasteiger partial charge in [-0.1, -0.05) is 51.0 Å². The quantitative estimate of drug-likeness (QED) is 0.386. The van der Waals surface area contributed by atoms with Crippen molar-refractivity contribution in [2.24, 2.45) is 10.9 Å². The minimum Gasteiger partial charge on any atom is -0.354 e. The summed E-state index contributed by atoms with van der Waals surface area (Å²) in [6.45, 7) is 10.8. The molecule has 0 aliphatic rings. The molecule has 0 fully saturated rings. The van der Waals surface area contributed by atoms with Gasteiger partial charge in [0, 0.05) is 25.7 Å². The molecule has 0 spiro atoms. The van der Waals surface area contributed by atoms with Crippen LogP contribution in [-0.4, -0.2) is 33.5 Å². The Morgan fingerprint density at radius 2 is 1.68 bits per heavy atom. The topological polar surface area (TPSA) is 82.6 Å². The van der Waals surface area contributed by atoms with Gasteiger partial charge in [0.2, 0.25) is 10.0 Å². The van der Waals surface area contributed by atoms with E-state index in [1.54, 1.807) is 7.05 Å². The smallest absolute Gasteiger partial charge is 0.216 e. The first-order chi connectivity index (χ1) is 13.1. The summed E-state index contributed by atoms with van der Waals surface area (Å²) in [4.78, 5) is 4.29. The van der Waals surface area contributed by atoms with Gasteiger partial charge in [-0.05, 0) is 44.2 Å². The summed E-state index contributed by atoms with van der Waals surface area (Å²) >= 11 is 0. The van der Waals surface area contributed by atoms with E-state index in [1.165, 1.54) is 12.8 Å². The number of nitrogens with zero attached hydrogens (tertiary/aromatic N) is 1. The molecule has 3 N–H and O–H groups in total. The highest BCUT2D eigenvalue weighted by molar-refractivity contribution is 7.88. The number of hydrogen-bond donors (Lipinski definition) is 3. The molecule has 0 saturated carbocycles. The van der Waals surface area contributed by atoms with Crippen LogP contribution in [0.4, 0.5) is 0 Å². The fourth-order valence-corrected chi connectivity index (χ4v) is 4.48. The maximum absolute atomic E-state index is 12.3. The maximum Gasteiger partial charge on any atom is 0.216 e. The average molecular weight is 411 g/mol. The van der Waals surface area contributed by atoms with Gasteiger partial charge in [0.25, 0.3) is 0 Å². The van der Waals surface area contributed by atoms with Crippen LogP contribution in [0, 0.1) is 5.92 Å². The number of aliphatic imine (C=N–C) groups is 1. The molecule has 0 aliphatic carbocycles. The molecular formula is C21H38N4O2S. The van der Waals surface area contributed by atoms with Crippen molar-refractivity contribution in [2.45, 2.75) is 78.3 Å². The SMILES string of the molecule is CN=C(NCc1ccccc1CS(=O)(=O)NC(C)C)NC(C)CCCC(C)C. The Bertz CT molecular complexity index is 715. The molecule has 0 bridgehead atoms. The van der Waals surface area contributed by atoms with Gasteiger partial charge >= 0.3 is 0 Å². The van der Waals surface area contributed by atoms with Crippen molar-refractivity contribution in [3.8, 4) is 0 Å². The first-order valence-electron chi connectivity index (χ1n) is 10.2. The molecule has 0 aromatic heterocycles. The van der Waals surface area contributed by atoms with Crippen molar-refractivity contribution in [3.63, 3.8) is 0 Å². The molecule has 28 heavy (non-hydrogen) atoms. The Kier molecular flexibility index (Phi) is 10.5. The molecule has 0 heterocycles. The summed E-state index contributed by atoms with van der Waals surface area (Å²) in [7, 11) is -1.61. The summed E-state index contributed by atoms with van der Waals surface area (Å²) in [5, 5.41) is 6.72. The molecule has 6 nitrogen and oxygen atoms in total. The van der Waals surface area contributed by atoms with Crippen LogP contribution in [0.5, 0.6) is 0 Å². The normalized spacial score (nSPS) is 13.8. The van der Waals surface area contributed by atoms with Gasteiger partial charge in [0.1, 0.15) is 0 Å². The zero-order valence-electron chi connectivity index (χ0n) is 18.2. The number of hydrogen-bond acceptors (Lipinski definition) is 3. The molecule has 0 saturated heterocycles. The van der Waals surface area contributed by atoms with Crippen LogP contribution in [0.3, 0.4) is 0 Å². The Hall–Kier alpha value is -1.60. The van der Waals surface area contributed by atoms with E-state index in [0.717, 1.165) is 29.4 Å². The summed E-state index contributed by atoms with van der Waals surface area (Å²) in [6.07, 6.45) is 3.51.